The Bertz CT molecular complexity index is 798. The van der Waals surface area contributed by atoms with Gasteiger partial charge in [0.1, 0.15) is 10.8 Å². The Balaban J connectivity index is 2.01. The van der Waals surface area contributed by atoms with Crippen LogP contribution in [0.5, 0.6) is 5.75 Å². The van der Waals surface area contributed by atoms with Crippen LogP contribution in [0.1, 0.15) is 39.7 Å². The molecule has 0 radical (unpaired) electrons. The van der Waals surface area contributed by atoms with Crippen LogP contribution in [0.4, 0.5) is 5.00 Å². The fourth-order valence-electron chi connectivity index (χ4n) is 2.85. The lowest BCUT2D eigenvalue weighted by Gasteiger charge is -2.18. The van der Waals surface area contributed by atoms with Crippen molar-refractivity contribution in [3.63, 3.8) is 0 Å². The number of nitrogens with two attached hydrogens (primary N) is 1. The number of aliphatic imine (C=N–C) groups is 1. The van der Waals surface area contributed by atoms with Gasteiger partial charge in [-0.2, -0.15) is 0 Å². The molecule has 0 bridgehead atoms. The predicted molar refractivity (Wildman–Crippen MR) is 94.4 cm³/mol. The van der Waals surface area contributed by atoms with E-state index in [-0.39, 0.29) is 5.75 Å². The Morgan fingerprint density at radius 1 is 1.52 bits per heavy atom. The van der Waals surface area contributed by atoms with Crippen LogP contribution in [0.2, 0.25) is 5.02 Å². The van der Waals surface area contributed by atoms with Crippen LogP contribution in [-0.4, -0.2) is 17.2 Å². The van der Waals surface area contributed by atoms with Crippen molar-refractivity contribution in [1.29, 1.82) is 0 Å². The van der Waals surface area contributed by atoms with Gasteiger partial charge in [-0.15, -0.1) is 11.3 Å². The van der Waals surface area contributed by atoms with Gasteiger partial charge in [0.15, 0.2) is 0 Å². The van der Waals surface area contributed by atoms with Crippen molar-refractivity contribution >= 4 is 40.1 Å². The van der Waals surface area contributed by atoms with Gasteiger partial charge in [-0.1, -0.05) is 18.5 Å². The summed E-state index contributed by atoms with van der Waals surface area (Å²) < 4.78 is 0. The molecule has 1 aromatic heterocycles. The number of carbonyl (C=O) groups is 1. The maximum atomic E-state index is 11.9. The summed E-state index contributed by atoms with van der Waals surface area (Å²) in [5.41, 5.74) is 7.65. The minimum Gasteiger partial charge on any atom is -0.507 e. The largest absolute Gasteiger partial charge is 0.507 e. The van der Waals surface area contributed by atoms with Crippen LogP contribution >= 0.6 is 22.9 Å². The number of hydrogen-bond acceptors (Lipinski definition) is 4. The quantitative estimate of drug-likeness (QED) is 0.820. The first-order valence-electron chi connectivity index (χ1n) is 7.42. The first-order chi connectivity index (χ1) is 11.0. The number of amides is 1. The highest BCUT2D eigenvalue weighted by Crippen LogP contribution is 2.41. The first kappa shape index (κ1) is 16.0. The van der Waals surface area contributed by atoms with E-state index in [4.69, 9.17) is 17.3 Å². The summed E-state index contributed by atoms with van der Waals surface area (Å²) in [6.45, 7) is 2.18. The fraction of sp³-hybridized carbons (Fsp3) is 0.294. The van der Waals surface area contributed by atoms with Gasteiger partial charge in [-0.3, -0.25) is 4.79 Å². The van der Waals surface area contributed by atoms with Gasteiger partial charge in [0, 0.05) is 21.7 Å². The highest BCUT2D eigenvalue weighted by molar-refractivity contribution is 7.16. The molecule has 1 unspecified atom stereocenters. The Labute approximate surface area is 143 Å². The normalized spacial score (nSPS) is 17.4. The lowest BCUT2D eigenvalue weighted by atomic mass is 9.87. The van der Waals surface area contributed by atoms with Gasteiger partial charge < -0.3 is 10.8 Å². The van der Waals surface area contributed by atoms with Crippen molar-refractivity contribution in [2.45, 2.75) is 26.2 Å². The molecule has 0 saturated carbocycles. The van der Waals surface area contributed by atoms with E-state index in [2.05, 4.69) is 11.9 Å². The number of fused-ring (bicyclic) bond motifs is 1. The maximum absolute atomic E-state index is 11.9. The molecule has 1 heterocycles. The first-order valence-corrected chi connectivity index (χ1v) is 8.62. The third-order valence-electron chi connectivity index (χ3n) is 4.05. The molecule has 1 aromatic carbocycles. The summed E-state index contributed by atoms with van der Waals surface area (Å²) >= 11 is 7.44. The Kier molecular flexibility index (Phi) is 4.41. The van der Waals surface area contributed by atoms with Gasteiger partial charge in [0.25, 0.3) is 5.91 Å². The average molecular weight is 349 g/mol. The Morgan fingerprint density at radius 3 is 3.04 bits per heavy atom. The molecule has 4 nitrogen and oxygen atoms in total. The van der Waals surface area contributed by atoms with E-state index in [0.717, 1.165) is 24.8 Å². The fourth-order valence-corrected chi connectivity index (χ4v) is 4.22. The number of carbonyl (C=O) groups excluding carboxylic acids is 1. The van der Waals surface area contributed by atoms with Crippen molar-refractivity contribution < 1.29 is 9.90 Å². The van der Waals surface area contributed by atoms with E-state index in [1.165, 1.54) is 28.5 Å². The van der Waals surface area contributed by atoms with Crippen molar-refractivity contribution in [2.24, 2.45) is 16.6 Å². The van der Waals surface area contributed by atoms with Gasteiger partial charge in [0.05, 0.1) is 5.56 Å². The molecule has 3 N–H and O–H groups in total. The van der Waals surface area contributed by atoms with Crippen molar-refractivity contribution in [1.82, 2.24) is 0 Å². The van der Waals surface area contributed by atoms with Crippen LogP contribution in [0.3, 0.4) is 0 Å². The number of aromatic hydroxyl groups is 1. The number of phenolic OH excluding ortho intramolecular Hbond substituents is 1. The Morgan fingerprint density at radius 2 is 2.30 bits per heavy atom. The molecular weight excluding hydrogens is 332 g/mol. The zero-order valence-corrected chi connectivity index (χ0v) is 14.2. The molecule has 23 heavy (non-hydrogen) atoms. The molecular formula is C17H17ClN2O2S. The zero-order valence-electron chi connectivity index (χ0n) is 12.7. The molecule has 2 aromatic rings. The van der Waals surface area contributed by atoms with E-state index >= 15 is 0 Å². The summed E-state index contributed by atoms with van der Waals surface area (Å²) in [5.74, 6) is 0.191. The lowest BCUT2D eigenvalue weighted by Crippen LogP contribution is -2.17. The summed E-state index contributed by atoms with van der Waals surface area (Å²) in [7, 11) is 0. The van der Waals surface area contributed by atoms with Crippen molar-refractivity contribution in [2.75, 3.05) is 0 Å². The number of benzene rings is 1. The minimum absolute atomic E-state index is 0.0914. The molecule has 0 fully saturated rings. The van der Waals surface area contributed by atoms with E-state index in [1.807, 2.05) is 0 Å². The SMILES string of the molecule is CC1CCc2sc(N=Cc3cc(Cl)ccc3O)c(C(N)=O)c2C1. The molecule has 1 aliphatic carbocycles. The maximum Gasteiger partial charge on any atom is 0.252 e. The highest BCUT2D eigenvalue weighted by Gasteiger charge is 2.26. The molecule has 1 aliphatic rings. The van der Waals surface area contributed by atoms with Crippen LogP contribution in [0.25, 0.3) is 0 Å². The summed E-state index contributed by atoms with van der Waals surface area (Å²) in [5, 5.41) is 11.0. The van der Waals surface area contributed by atoms with Crippen LogP contribution < -0.4 is 5.73 Å². The molecule has 1 atom stereocenters. The number of hydrogen-bond donors (Lipinski definition) is 2. The number of aryl methyl sites for hydroxylation is 1. The molecule has 0 spiro atoms. The van der Waals surface area contributed by atoms with Crippen molar-refractivity contribution in [3.8, 4) is 5.75 Å². The summed E-state index contributed by atoms with van der Waals surface area (Å²) in [4.78, 5) is 17.5. The summed E-state index contributed by atoms with van der Waals surface area (Å²) in [6, 6.07) is 4.74. The molecule has 1 amide bonds. The van der Waals surface area contributed by atoms with E-state index in [0.29, 0.717) is 27.1 Å². The number of thiophene rings is 1. The van der Waals surface area contributed by atoms with Crippen molar-refractivity contribution in [3.05, 3.63) is 44.8 Å². The van der Waals surface area contributed by atoms with Crippen LogP contribution in [0.15, 0.2) is 23.2 Å². The molecule has 0 aliphatic heterocycles. The third kappa shape index (κ3) is 3.26. The van der Waals surface area contributed by atoms with Gasteiger partial charge in [-0.25, -0.2) is 4.99 Å². The molecule has 120 valence electrons. The lowest BCUT2D eigenvalue weighted by molar-refractivity contribution is 0.1000. The van der Waals surface area contributed by atoms with E-state index < -0.39 is 5.91 Å². The summed E-state index contributed by atoms with van der Waals surface area (Å²) in [6.07, 6.45) is 4.46. The van der Waals surface area contributed by atoms with Gasteiger partial charge in [0.2, 0.25) is 0 Å². The average Bonchev–Trinajstić information content (AvgIpc) is 2.85. The van der Waals surface area contributed by atoms with Crippen LogP contribution in [-0.2, 0) is 12.8 Å². The van der Waals surface area contributed by atoms with Gasteiger partial charge >= 0.3 is 0 Å². The minimum atomic E-state index is -0.445. The molecule has 6 heteroatoms. The predicted octanol–water partition coefficient (Wildman–Crippen LogP) is 4.08. The van der Waals surface area contributed by atoms with Gasteiger partial charge in [-0.05, 0) is 48.9 Å². The smallest absolute Gasteiger partial charge is 0.252 e. The monoisotopic (exact) mass is 348 g/mol. The highest BCUT2D eigenvalue weighted by atomic mass is 35.5. The third-order valence-corrected chi connectivity index (χ3v) is 5.48. The molecule has 3 rings (SSSR count). The van der Waals surface area contributed by atoms with E-state index in [1.54, 1.807) is 12.1 Å². The second-order valence-corrected chi connectivity index (χ2v) is 7.38. The topological polar surface area (TPSA) is 75.7 Å². The number of nitrogens with zero attached hydrogens (tertiary/aromatic N) is 1. The number of rotatable bonds is 3. The zero-order chi connectivity index (χ0) is 16.6. The second-order valence-electron chi connectivity index (χ2n) is 5.86. The van der Waals surface area contributed by atoms with Crippen LogP contribution in [0, 0.1) is 5.92 Å². The standard InChI is InChI=1S/C17H17ClN2O2S/c1-9-2-5-14-12(6-9)15(16(19)22)17(23-14)20-8-10-7-11(18)3-4-13(10)21/h3-4,7-9,21H,2,5-6H2,1H3,(H2,19,22). The molecule has 0 saturated heterocycles. The Hall–Kier alpha value is -1.85. The number of halogens is 1. The van der Waals surface area contributed by atoms with E-state index in [9.17, 15) is 9.90 Å². The second kappa shape index (κ2) is 6.34. The number of primary amides is 1. The number of phenols is 1.